The molecule has 0 amide bonds. The summed E-state index contributed by atoms with van der Waals surface area (Å²) in [6.45, 7) is 9.52. The van der Waals surface area contributed by atoms with E-state index in [1.807, 2.05) is 31.2 Å². The minimum Gasteiger partial charge on any atom is -0.469 e. The van der Waals surface area contributed by atoms with Gasteiger partial charge in [-0.25, -0.2) is 4.39 Å². The Labute approximate surface area is 172 Å². The van der Waals surface area contributed by atoms with Crippen molar-refractivity contribution in [2.45, 2.75) is 26.3 Å². The minimum absolute atomic E-state index is 0.0663. The van der Waals surface area contributed by atoms with Gasteiger partial charge in [-0.05, 0) is 43.2 Å². The second-order valence-corrected chi connectivity index (χ2v) is 7.32. The molecule has 1 fully saturated rings. The van der Waals surface area contributed by atoms with E-state index in [0.29, 0.717) is 18.7 Å². The first-order chi connectivity index (χ1) is 14.1. The van der Waals surface area contributed by atoms with Crippen molar-refractivity contribution in [3.8, 4) is 0 Å². The van der Waals surface area contributed by atoms with Crippen molar-refractivity contribution < 1.29 is 13.5 Å². The molecule has 0 bridgehead atoms. The van der Waals surface area contributed by atoms with Crippen LogP contribution in [0.25, 0.3) is 0 Å². The summed E-state index contributed by atoms with van der Waals surface area (Å²) in [6.07, 6.45) is 2.45. The zero-order chi connectivity index (χ0) is 20.5. The van der Waals surface area contributed by atoms with Crippen molar-refractivity contribution in [2.75, 3.05) is 45.9 Å². The fourth-order valence-corrected chi connectivity index (χ4v) is 3.21. The molecule has 3 rings (SSSR count). The summed E-state index contributed by atoms with van der Waals surface area (Å²) in [5.74, 6) is 1.46. The summed E-state index contributed by atoms with van der Waals surface area (Å²) in [6, 6.07) is 9.12. The maximum atomic E-state index is 13.9. The second kappa shape index (κ2) is 11.0. The summed E-state index contributed by atoms with van der Waals surface area (Å²) < 4.78 is 24.7. The number of nitrogens with one attached hydrogen (secondary N) is 2. The Morgan fingerprint density at radius 3 is 2.83 bits per heavy atom. The van der Waals surface area contributed by atoms with Gasteiger partial charge in [-0.2, -0.15) is 0 Å². The number of aliphatic imine (C=N–C) groups is 1. The number of halogens is 1. The molecule has 29 heavy (non-hydrogen) atoms. The lowest BCUT2D eigenvalue weighted by Crippen LogP contribution is -2.41. The van der Waals surface area contributed by atoms with Crippen LogP contribution in [0.4, 0.5) is 4.39 Å². The standard InChI is InChI=1S/C22H31FN4O2/c1-17-5-6-19(16-21(17)23)18(2)26-22(24-8-7-20-4-3-13-29-20)25-9-10-27-11-14-28-15-12-27/h3-6,13,16,18H,7-12,14-15H2,1-2H3,(H2,24,25,26). The van der Waals surface area contributed by atoms with Crippen LogP contribution in [0, 0.1) is 12.7 Å². The van der Waals surface area contributed by atoms with Crippen LogP contribution in [0.15, 0.2) is 46.0 Å². The van der Waals surface area contributed by atoms with Crippen molar-refractivity contribution in [1.82, 2.24) is 15.5 Å². The van der Waals surface area contributed by atoms with Gasteiger partial charge in [0, 0.05) is 32.6 Å². The van der Waals surface area contributed by atoms with Crippen molar-refractivity contribution in [1.29, 1.82) is 0 Å². The second-order valence-electron chi connectivity index (χ2n) is 7.32. The molecule has 1 atom stereocenters. The molecule has 0 saturated carbocycles. The van der Waals surface area contributed by atoms with Crippen molar-refractivity contribution in [3.05, 3.63) is 59.3 Å². The predicted octanol–water partition coefficient (Wildman–Crippen LogP) is 2.90. The molecule has 6 nitrogen and oxygen atoms in total. The highest BCUT2D eigenvalue weighted by atomic mass is 19.1. The Morgan fingerprint density at radius 2 is 2.10 bits per heavy atom. The smallest absolute Gasteiger partial charge is 0.191 e. The van der Waals surface area contributed by atoms with E-state index in [2.05, 4.69) is 15.5 Å². The van der Waals surface area contributed by atoms with Gasteiger partial charge >= 0.3 is 0 Å². The Balaban J connectivity index is 1.58. The van der Waals surface area contributed by atoms with Gasteiger partial charge < -0.3 is 19.8 Å². The molecule has 1 unspecified atom stereocenters. The first kappa shape index (κ1) is 21.3. The number of ether oxygens (including phenoxy) is 1. The Hall–Kier alpha value is -2.38. The molecule has 1 aliphatic rings. The third-order valence-corrected chi connectivity index (χ3v) is 5.08. The molecule has 2 N–H and O–H groups in total. The van der Waals surface area contributed by atoms with Crippen LogP contribution in [0.5, 0.6) is 0 Å². The van der Waals surface area contributed by atoms with Gasteiger partial charge in [0.15, 0.2) is 5.96 Å². The van der Waals surface area contributed by atoms with E-state index >= 15 is 0 Å². The summed E-state index contributed by atoms with van der Waals surface area (Å²) in [5.41, 5.74) is 1.54. The first-order valence-corrected chi connectivity index (χ1v) is 10.2. The van der Waals surface area contributed by atoms with Gasteiger partial charge in [0.05, 0.1) is 32.1 Å². The van der Waals surface area contributed by atoms with E-state index < -0.39 is 0 Å². The summed E-state index contributed by atoms with van der Waals surface area (Å²) in [5, 5.41) is 6.76. The summed E-state index contributed by atoms with van der Waals surface area (Å²) in [7, 11) is 0. The number of furan rings is 1. The van der Waals surface area contributed by atoms with Crippen LogP contribution in [-0.4, -0.2) is 56.8 Å². The van der Waals surface area contributed by atoms with E-state index in [0.717, 1.165) is 56.6 Å². The largest absolute Gasteiger partial charge is 0.469 e. The number of guanidine groups is 1. The maximum absolute atomic E-state index is 13.9. The van der Waals surface area contributed by atoms with Crippen molar-refractivity contribution >= 4 is 5.96 Å². The van der Waals surface area contributed by atoms with E-state index in [9.17, 15) is 4.39 Å². The normalized spacial score (nSPS) is 16.6. The van der Waals surface area contributed by atoms with E-state index in [1.54, 1.807) is 19.3 Å². The molecular weight excluding hydrogens is 371 g/mol. The monoisotopic (exact) mass is 402 g/mol. The van der Waals surface area contributed by atoms with Gasteiger partial charge in [-0.15, -0.1) is 0 Å². The van der Waals surface area contributed by atoms with Gasteiger partial charge in [0.25, 0.3) is 0 Å². The van der Waals surface area contributed by atoms with Crippen LogP contribution < -0.4 is 10.6 Å². The average Bonchev–Trinajstić information content (AvgIpc) is 3.24. The van der Waals surface area contributed by atoms with Crippen LogP contribution in [0.3, 0.4) is 0 Å². The molecule has 2 aromatic rings. The highest BCUT2D eigenvalue weighted by Gasteiger charge is 2.12. The topological polar surface area (TPSA) is 62.0 Å². The van der Waals surface area contributed by atoms with Crippen LogP contribution in [0.2, 0.25) is 0 Å². The molecule has 2 heterocycles. The maximum Gasteiger partial charge on any atom is 0.191 e. The fourth-order valence-electron chi connectivity index (χ4n) is 3.21. The zero-order valence-corrected chi connectivity index (χ0v) is 17.3. The molecule has 1 aliphatic heterocycles. The molecular formula is C22H31FN4O2. The zero-order valence-electron chi connectivity index (χ0n) is 17.3. The van der Waals surface area contributed by atoms with Gasteiger partial charge in [0.2, 0.25) is 0 Å². The Kier molecular flexibility index (Phi) is 8.07. The number of hydrogen-bond acceptors (Lipinski definition) is 4. The molecule has 1 aromatic carbocycles. The van der Waals surface area contributed by atoms with E-state index in [4.69, 9.17) is 14.1 Å². The Bertz CT molecular complexity index is 773. The molecule has 7 heteroatoms. The van der Waals surface area contributed by atoms with Gasteiger partial charge in [-0.1, -0.05) is 12.1 Å². The minimum atomic E-state index is -0.187. The SMILES string of the molecule is Cc1ccc(C(C)NC(=NCCN2CCOCC2)NCCc2ccco2)cc1F. The quantitative estimate of drug-likeness (QED) is 0.525. The summed E-state index contributed by atoms with van der Waals surface area (Å²) >= 11 is 0. The fraction of sp³-hybridized carbons (Fsp3) is 0.500. The predicted molar refractivity (Wildman–Crippen MR) is 113 cm³/mol. The van der Waals surface area contributed by atoms with Crippen molar-refractivity contribution in [3.63, 3.8) is 0 Å². The van der Waals surface area contributed by atoms with Crippen LogP contribution in [0.1, 0.15) is 29.9 Å². The number of hydrogen-bond donors (Lipinski definition) is 2. The first-order valence-electron chi connectivity index (χ1n) is 10.2. The van der Waals surface area contributed by atoms with E-state index in [-0.39, 0.29) is 11.9 Å². The van der Waals surface area contributed by atoms with Gasteiger partial charge in [0.1, 0.15) is 11.6 Å². The highest BCUT2D eigenvalue weighted by molar-refractivity contribution is 5.80. The van der Waals surface area contributed by atoms with Crippen LogP contribution in [-0.2, 0) is 11.2 Å². The lowest BCUT2D eigenvalue weighted by atomic mass is 10.1. The van der Waals surface area contributed by atoms with E-state index in [1.165, 1.54) is 0 Å². The Morgan fingerprint density at radius 1 is 1.28 bits per heavy atom. The van der Waals surface area contributed by atoms with Crippen LogP contribution >= 0.6 is 0 Å². The third-order valence-electron chi connectivity index (χ3n) is 5.08. The molecule has 1 saturated heterocycles. The number of benzene rings is 1. The number of nitrogens with zero attached hydrogens (tertiary/aromatic N) is 2. The average molecular weight is 403 g/mol. The number of morpholine rings is 1. The lowest BCUT2D eigenvalue weighted by molar-refractivity contribution is 0.0394. The number of rotatable bonds is 8. The summed E-state index contributed by atoms with van der Waals surface area (Å²) in [4.78, 5) is 7.08. The lowest BCUT2D eigenvalue weighted by Gasteiger charge is -2.26. The third kappa shape index (κ3) is 6.87. The molecule has 0 radical (unpaired) electrons. The molecule has 0 spiro atoms. The van der Waals surface area contributed by atoms with Crippen molar-refractivity contribution in [2.24, 2.45) is 4.99 Å². The molecule has 1 aromatic heterocycles. The van der Waals surface area contributed by atoms with Gasteiger partial charge in [-0.3, -0.25) is 9.89 Å². The highest BCUT2D eigenvalue weighted by Crippen LogP contribution is 2.16. The molecule has 0 aliphatic carbocycles. The number of aryl methyl sites for hydroxylation is 1. The molecule has 158 valence electrons.